The van der Waals surface area contributed by atoms with Crippen molar-refractivity contribution in [3.8, 4) is 0 Å². The molecule has 0 saturated heterocycles. The van der Waals surface area contributed by atoms with E-state index >= 15 is 0 Å². The summed E-state index contributed by atoms with van der Waals surface area (Å²) < 4.78 is 0. The monoisotopic (exact) mass is 166 g/mol. The molecule has 4 heteroatoms. The lowest BCUT2D eigenvalue weighted by atomic mass is 10.1. The summed E-state index contributed by atoms with van der Waals surface area (Å²) in [6.45, 7) is 1.51. The summed E-state index contributed by atoms with van der Waals surface area (Å²) >= 11 is 0. The molecule has 64 valence electrons. The topological polar surface area (TPSA) is 61.4 Å². The standard InChI is InChI=1S/C8H10N2O2/c1-6(11)7-2-4-8(5-3-7)9-10-12/h2-5,9-10,12H,1H3. The maximum Gasteiger partial charge on any atom is 0.159 e. The zero-order chi connectivity index (χ0) is 8.97. The third-order valence-corrected chi connectivity index (χ3v) is 1.49. The van der Waals surface area contributed by atoms with Gasteiger partial charge >= 0.3 is 0 Å². The first-order chi connectivity index (χ1) is 5.74. The molecule has 0 spiro atoms. The number of ketones is 1. The van der Waals surface area contributed by atoms with Crippen LogP contribution in [-0.2, 0) is 0 Å². The summed E-state index contributed by atoms with van der Waals surface area (Å²) in [6.07, 6.45) is 0. The summed E-state index contributed by atoms with van der Waals surface area (Å²) in [6, 6.07) is 6.75. The molecular formula is C8H10N2O2. The molecule has 0 radical (unpaired) electrons. The first-order valence-electron chi connectivity index (χ1n) is 3.50. The molecule has 1 aromatic rings. The van der Waals surface area contributed by atoms with Crippen LogP contribution in [0.1, 0.15) is 17.3 Å². The predicted octanol–water partition coefficient (Wildman–Crippen LogP) is 1.19. The van der Waals surface area contributed by atoms with Crippen LogP contribution >= 0.6 is 0 Å². The molecule has 0 aromatic heterocycles. The fourth-order valence-electron chi connectivity index (χ4n) is 0.853. The Labute approximate surface area is 70.1 Å². The quantitative estimate of drug-likeness (QED) is 0.466. The summed E-state index contributed by atoms with van der Waals surface area (Å²) in [5.41, 5.74) is 5.61. The molecule has 0 aliphatic heterocycles. The third-order valence-electron chi connectivity index (χ3n) is 1.49. The van der Waals surface area contributed by atoms with Crippen molar-refractivity contribution in [2.75, 3.05) is 5.43 Å². The Morgan fingerprint density at radius 3 is 2.33 bits per heavy atom. The molecule has 3 N–H and O–H groups in total. The number of rotatable bonds is 3. The van der Waals surface area contributed by atoms with Crippen molar-refractivity contribution in [1.29, 1.82) is 0 Å². The molecule has 0 aliphatic rings. The molecule has 0 atom stereocenters. The number of carbonyl (C=O) groups excluding carboxylic acids is 1. The van der Waals surface area contributed by atoms with E-state index in [0.29, 0.717) is 11.3 Å². The van der Waals surface area contributed by atoms with Gasteiger partial charge in [-0.3, -0.25) is 15.4 Å². The van der Waals surface area contributed by atoms with Crippen LogP contribution in [0.2, 0.25) is 0 Å². The maximum absolute atomic E-state index is 10.8. The Balaban J connectivity index is 2.78. The van der Waals surface area contributed by atoms with Gasteiger partial charge in [0.05, 0.1) is 5.69 Å². The highest BCUT2D eigenvalue weighted by Gasteiger charge is 1.97. The summed E-state index contributed by atoms with van der Waals surface area (Å²) in [4.78, 5) is 10.8. The molecule has 0 amide bonds. The van der Waals surface area contributed by atoms with Crippen molar-refractivity contribution < 1.29 is 10.0 Å². The number of hydrogen-bond acceptors (Lipinski definition) is 4. The molecular weight excluding hydrogens is 156 g/mol. The highest BCUT2D eigenvalue weighted by Crippen LogP contribution is 2.08. The van der Waals surface area contributed by atoms with Gasteiger partial charge in [-0.2, -0.15) is 0 Å². The van der Waals surface area contributed by atoms with Crippen molar-refractivity contribution in [1.82, 2.24) is 5.59 Å². The number of Topliss-reactive ketones (excluding diaryl/α,β-unsaturated/α-hetero) is 1. The van der Waals surface area contributed by atoms with Crippen molar-refractivity contribution in [3.63, 3.8) is 0 Å². The van der Waals surface area contributed by atoms with E-state index in [2.05, 4.69) is 5.43 Å². The van der Waals surface area contributed by atoms with Gasteiger partial charge < -0.3 is 0 Å². The van der Waals surface area contributed by atoms with E-state index in [4.69, 9.17) is 5.21 Å². The van der Waals surface area contributed by atoms with Crippen molar-refractivity contribution in [3.05, 3.63) is 29.8 Å². The lowest BCUT2D eigenvalue weighted by Crippen LogP contribution is -2.15. The maximum atomic E-state index is 10.8. The summed E-state index contributed by atoms with van der Waals surface area (Å²) in [5.74, 6) is 0.0264. The molecule has 0 fully saturated rings. The molecule has 1 aromatic carbocycles. The fraction of sp³-hybridized carbons (Fsp3) is 0.125. The van der Waals surface area contributed by atoms with Gasteiger partial charge in [-0.25, -0.2) is 0 Å². The molecule has 0 aliphatic carbocycles. The number of hydrazine groups is 1. The Kier molecular flexibility index (Phi) is 2.79. The molecule has 4 nitrogen and oxygen atoms in total. The molecule has 0 bridgehead atoms. The third kappa shape index (κ3) is 2.05. The van der Waals surface area contributed by atoms with Crippen molar-refractivity contribution >= 4 is 11.5 Å². The minimum atomic E-state index is 0.0264. The minimum Gasteiger partial charge on any atom is -0.299 e. The average molecular weight is 166 g/mol. The SMILES string of the molecule is CC(=O)c1ccc(NNO)cc1. The van der Waals surface area contributed by atoms with Crippen LogP contribution in [0.15, 0.2) is 24.3 Å². The Bertz CT molecular complexity index is 269. The predicted molar refractivity (Wildman–Crippen MR) is 45.0 cm³/mol. The number of nitrogens with one attached hydrogen (secondary N) is 2. The Morgan fingerprint density at radius 2 is 1.92 bits per heavy atom. The van der Waals surface area contributed by atoms with E-state index in [1.165, 1.54) is 6.92 Å². The Hall–Kier alpha value is -1.39. The van der Waals surface area contributed by atoms with Crippen molar-refractivity contribution in [2.24, 2.45) is 0 Å². The summed E-state index contributed by atoms with van der Waals surface area (Å²) in [5, 5.41) is 8.27. The largest absolute Gasteiger partial charge is 0.299 e. The number of hydrogen-bond donors (Lipinski definition) is 3. The van der Waals surface area contributed by atoms with Crippen LogP contribution < -0.4 is 11.0 Å². The number of anilines is 1. The highest BCUT2D eigenvalue weighted by molar-refractivity contribution is 5.94. The lowest BCUT2D eigenvalue weighted by molar-refractivity contribution is 0.101. The van der Waals surface area contributed by atoms with E-state index in [9.17, 15) is 4.79 Å². The van der Waals surface area contributed by atoms with Crippen LogP contribution in [-0.4, -0.2) is 11.0 Å². The van der Waals surface area contributed by atoms with Gasteiger partial charge in [0.1, 0.15) is 0 Å². The van der Waals surface area contributed by atoms with E-state index in [1.807, 2.05) is 0 Å². The van der Waals surface area contributed by atoms with Crippen LogP contribution in [0.4, 0.5) is 5.69 Å². The van der Waals surface area contributed by atoms with E-state index in [-0.39, 0.29) is 5.78 Å². The molecule has 0 unspecified atom stereocenters. The second-order valence-corrected chi connectivity index (χ2v) is 2.37. The number of carbonyl (C=O) groups is 1. The normalized spacial score (nSPS) is 9.50. The van der Waals surface area contributed by atoms with Gasteiger partial charge in [-0.15, -0.1) is 5.59 Å². The molecule has 0 saturated carbocycles. The van der Waals surface area contributed by atoms with E-state index < -0.39 is 0 Å². The van der Waals surface area contributed by atoms with Gasteiger partial charge in [0.2, 0.25) is 0 Å². The van der Waals surface area contributed by atoms with Crippen LogP contribution in [0.3, 0.4) is 0 Å². The second kappa shape index (κ2) is 3.85. The zero-order valence-corrected chi connectivity index (χ0v) is 6.66. The number of benzene rings is 1. The van der Waals surface area contributed by atoms with Gasteiger partial charge in [-0.05, 0) is 31.2 Å². The molecule has 0 heterocycles. The van der Waals surface area contributed by atoms with Crippen LogP contribution in [0.25, 0.3) is 0 Å². The van der Waals surface area contributed by atoms with Crippen molar-refractivity contribution in [2.45, 2.75) is 6.92 Å². The minimum absolute atomic E-state index is 0.0264. The van der Waals surface area contributed by atoms with Crippen LogP contribution in [0.5, 0.6) is 0 Å². The lowest BCUT2D eigenvalue weighted by Gasteiger charge is -2.02. The van der Waals surface area contributed by atoms with E-state index in [0.717, 1.165) is 0 Å². The Morgan fingerprint density at radius 1 is 1.33 bits per heavy atom. The first kappa shape index (κ1) is 8.70. The first-order valence-corrected chi connectivity index (χ1v) is 3.50. The van der Waals surface area contributed by atoms with Crippen LogP contribution in [0, 0.1) is 0 Å². The molecule has 12 heavy (non-hydrogen) atoms. The van der Waals surface area contributed by atoms with Gasteiger partial charge in [0, 0.05) is 5.56 Å². The van der Waals surface area contributed by atoms with Gasteiger partial charge in [0.25, 0.3) is 0 Å². The zero-order valence-electron chi connectivity index (χ0n) is 6.66. The highest BCUT2D eigenvalue weighted by atomic mass is 16.5. The smallest absolute Gasteiger partial charge is 0.159 e. The average Bonchev–Trinajstić information content (AvgIpc) is 2.06. The second-order valence-electron chi connectivity index (χ2n) is 2.37. The summed E-state index contributed by atoms with van der Waals surface area (Å²) in [7, 11) is 0. The molecule has 1 rings (SSSR count). The van der Waals surface area contributed by atoms with E-state index in [1.54, 1.807) is 29.9 Å². The van der Waals surface area contributed by atoms with Gasteiger partial charge in [0.15, 0.2) is 5.78 Å². The fourth-order valence-corrected chi connectivity index (χ4v) is 0.853. The van der Waals surface area contributed by atoms with Gasteiger partial charge in [-0.1, -0.05) is 0 Å².